The average Bonchev–Trinajstić information content (AvgIpc) is 2.83. The molecule has 0 amide bonds. The highest BCUT2D eigenvalue weighted by Gasteiger charge is 2.10. The van der Waals surface area contributed by atoms with Crippen molar-refractivity contribution in [1.82, 2.24) is 0 Å². The zero-order valence-corrected chi connectivity index (χ0v) is 20.8. The summed E-state index contributed by atoms with van der Waals surface area (Å²) in [6, 6.07) is 18.1. The van der Waals surface area contributed by atoms with Crippen molar-refractivity contribution in [1.29, 1.82) is 0 Å². The Morgan fingerprint density at radius 1 is 0.697 bits per heavy atom. The molecule has 0 N–H and O–H groups in total. The minimum atomic E-state index is -0.339. The fraction of sp³-hybridized carbons (Fsp3) is 0.333. The van der Waals surface area contributed by atoms with Crippen LogP contribution in [0.25, 0.3) is 0 Å². The fourth-order valence-corrected chi connectivity index (χ4v) is 4.30. The molecule has 0 aromatic heterocycles. The summed E-state index contributed by atoms with van der Waals surface area (Å²) in [4.78, 5) is 26.2. The van der Waals surface area contributed by atoms with Crippen LogP contribution in [0, 0.1) is 6.92 Å². The smallest absolute Gasteiger partial charge is 0.334 e. The van der Waals surface area contributed by atoms with E-state index in [9.17, 15) is 9.59 Å². The van der Waals surface area contributed by atoms with Gasteiger partial charge < -0.3 is 9.47 Å². The van der Waals surface area contributed by atoms with Gasteiger partial charge in [0.25, 0.3) is 0 Å². The van der Waals surface area contributed by atoms with Crippen LogP contribution in [0.15, 0.2) is 88.7 Å². The standard InChI is InChI=1S/C27H32O4S2/c1-21-13-15-25(16-14-21)33-20-23(3)27(29)31-18-10-5-4-9-17-30-26(28)22(2)19-32-24-11-7-6-8-12-24/h6-8,11-16H,2-5,9-10,17-20H2,1H3. The van der Waals surface area contributed by atoms with Crippen LogP contribution in [0.2, 0.25) is 0 Å². The maximum atomic E-state index is 12.0. The minimum Gasteiger partial charge on any atom is -0.462 e. The Balaban J connectivity index is 1.46. The topological polar surface area (TPSA) is 52.6 Å². The monoisotopic (exact) mass is 484 g/mol. The first-order chi connectivity index (χ1) is 16.0. The summed E-state index contributed by atoms with van der Waals surface area (Å²) < 4.78 is 10.6. The highest BCUT2D eigenvalue weighted by molar-refractivity contribution is 7.99. The number of carbonyl (C=O) groups is 2. The van der Waals surface area contributed by atoms with Crippen LogP contribution in [0.1, 0.15) is 31.2 Å². The van der Waals surface area contributed by atoms with Gasteiger partial charge in [0.05, 0.1) is 13.2 Å². The Hall–Kier alpha value is -2.44. The van der Waals surface area contributed by atoms with E-state index in [0.717, 1.165) is 35.5 Å². The molecule has 2 rings (SSSR count). The molecule has 4 nitrogen and oxygen atoms in total. The Kier molecular flexibility index (Phi) is 12.5. The lowest BCUT2D eigenvalue weighted by molar-refractivity contribution is -0.140. The van der Waals surface area contributed by atoms with E-state index in [4.69, 9.17) is 9.47 Å². The molecule has 0 spiro atoms. The molecule has 6 heteroatoms. The molecule has 0 saturated carbocycles. The largest absolute Gasteiger partial charge is 0.462 e. The highest BCUT2D eigenvalue weighted by atomic mass is 32.2. The van der Waals surface area contributed by atoms with Gasteiger partial charge in [0, 0.05) is 32.4 Å². The summed E-state index contributed by atoms with van der Waals surface area (Å²) in [5, 5.41) is 0. The normalized spacial score (nSPS) is 10.5. The number of benzene rings is 2. The van der Waals surface area contributed by atoms with Crippen LogP contribution in [-0.4, -0.2) is 36.7 Å². The summed E-state index contributed by atoms with van der Waals surface area (Å²) in [5.74, 6) is 0.357. The van der Waals surface area contributed by atoms with Crippen molar-refractivity contribution >= 4 is 35.5 Å². The summed E-state index contributed by atoms with van der Waals surface area (Å²) in [7, 11) is 0. The van der Waals surface area contributed by atoms with Gasteiger partial charge in [-0.25, -0.2) is 9.59 Å². The average molecular weight is 485 g/mol. The third-order valence-corrected chi connectivity index (χ3v) is 6.87. The van der Waals surface area contributed by atoms with Crippen molar-refractivity contribution in [3.05, 3.63) is 84.5 Å². The van der Waals surface area contributed by atoms with Crippen molar-refractivity contribution in [2.45, 2.75) is 42.4 Å². The van der Waals surface area contributed by atoms with Crippen LogP contribution >= 0.6 is 23.5 Å². The first-order valence-corrected chi connectivity index (χ1v) is 13.0. The van der Waals surface area contributed by atoms with E-state index in [1.54, 1.807) is 23.5 Å². The zero-order valence-electron chi connectivity index (χ0n) is 19.2. The van der Waals surface area contributed by atoms with Gasteiger partial charge in [0.2, 0.25) is 0 Å². The van der Waals surface area contributed by atoms with Crippen molar-refractivity contribution in [3.8, 4) is 0 Å². The highest BCUT2D eigenvalue weighted by Crippen LogP contribution is 2.21. The lowest BCUT2D eigenvalue weighted by Crippen LogP contribution is -2.10. The van der Waals surface area contributed by atoms with Gasteiger partial charge in [-0.15, -0.1) is 23.5 Å². The SMILES string of the molecule is C=C(CSc1ccccc1)C(=O)OCCCCCCOC(=O)C(=C)CSc1ccc(C)cc1. The van der Waals surface area contributed by atoms with Gasteiger partial charge in [-0.05, 0) is 56.9 Å². The van der Waals surface area contributed by atoms with Crippen LogP contribution in [-0.2, 0) is 19.1 Å². The van der Waals surface area contributed by atoms with Crippen LogP contribution in [0.3, 0.4) is 0 Å². The van der Waals surface area contributed by atoms with Gasteiger partial charge in [-0.1, -0.05) is 49.1 Å². The maximum Gasteiger partial charge on any atom is 0.334 e. The van der Waals surface area contributed by atoms with Gasteiger partial charge >= 0.3 is 11.9 Å². The zero-order chi connectivity index (χ0) is 23.9. The Bertz CT molecular complexity index is 907. The third-order valence-electron chi connectivity index (χ3n) is 4.67. The second kappa shape index (κ2) is 15.4. The molecule has 0 bridgehead atoms. The molecule has 0 aliphatic carbocycles. The lowest BCUT2D eigenvalue weighted by Gasteiger charge is -2.08. The van der Waals surface area contributed by atoms with E-state index in [0.29, 0.717) is 35.9 Å². The lowest BCUT2D eigenvalue weighted by atomic mass is 10.2. The summed E-state index contributed by atoms with van der Waals surface area (Å²) >= 11 is 3.14. The fourth-order valence-electron chi connectivity index (χ4n) is 2.70. The molecule has 0 heterocycles. The van der Waals surface area contributed by atoms with Gasteiger partial charge in [-0.3, -0.25) is 0 Å². The number of carbonyl (C=O) groups excluding carboxylic acids is 2. The molecular formula is C27H32O4S2. The minimum absolute atomic E-state index is 0.338. The first kappa shape index (κ1) is 26.8. The third kappa shape index (κ3) is 11.3. The van der Waals surface area contributed by atoms with Gasteiger partial charge in [0.15, 0.2) is 0 Å². The number of unbranched alkanes of at least 4 members (excludes halogenated alkanes) is 3. The van der Waals surface area contributed by atoms with E-state index >= 15 is 0 Å². The predicted octanol–water partition coefficient (Wildman–Crippen LogP) is 6.64. The van der Waals surface area contributed by atoms with Crippen LogP contribution < -0.4 is 0 Å². The number of esters is 2. The molecule has 0 atom stereocenters. The molecule has 0 unspecified atom stereocenters. The van der Waals surface area contributed by atoms with Crippen LogP contribution in [0.4, 0.5) is 0 Å². The molecule has 0 aliphatic heterocycles. The quantitative estimate of drug-likeness (QED) is 0.122. The van der Waals surface area contributed by atoms with E-state index in [2.05, 4.69) is 13.2 Å². The van der Waals surface area contributed by atoms with E-state index in [1.165, 1.54) is 5.56 Å². The Labute approximate surface area is 205 Å². The molecule has 0 saturated heterocycles. The number of hydrogen-bond donors (Lipinski definition) is 0. The molecule has 0 aliphatic rings. The van der Waals surface area contributed by atoms with E-state index in [-0.39, 0.29) is 11.9 Å². The Morgan fingerprint density at radius 2 is 1.15 bits per heavy atom. The van der Waals surface area contributed by atoms with Crippen molar-refractivity contribution in [3.63, 3.8) is 0 Å². The predicted molar refractivity (Wildman–Crippen MR) is 138 cm³/mol. The maximum absolute atomic E-state index is 12.0. The summed E-state index contributed by atoms with van der Waals surface area (Å²) in [6.45, 7) is 10.5. The van der Waals surface area contributed by atoms with Crippen molar-refractivity contribution < 1.29 is 19.1 Å². The van der Waals surface area contributed by atoms with Crippen molar-refractivity contribution in [2.24, 2.45) is 0 Å². The number of ether oxygens (including phenoxy) is 2. The second-order valence-corrected chi connectivity index (χ2v) is 9.69. The summed E-state index contributed by atoms with van der Waals surface area (Å²) in [6.07, 6.45) is 3.36. The molecule has 33 heavy (non-hydrogen) atoms. The molecule has 176 valence electrons. The molecular weight excluding hydrogens is 452 g/mol. The van der Waals surface area contributed by atoms with Gasteiger partial charge in [0.1, 0.15) is 0 Å². The first-order valence-electron chi connectivity index (χ1n) is 11.0. The van der Waals surface area contributed by atoms with E-state index < -0.39 is 0 Å². The van der Waals surface area contributed by atoms with Gasteiger partial charge in [-0.2, -0.15) is 0 Å². The number of thioether (sulfide) groups is 2. The number of rotatable bonds is 15. The Morgan fingerprint density at radius 3 is 1.64 bits per heavy atom. The molecule has 0 radical (unpaired) electrons. The summed E-state index contributed by atoms with van der Waals surface area (Å²) in [5.41, 5.74) is 2.15. The van der Waals surface area contributed by atoms with Crippen molar-refractivity contribution in [2.75, 3.05) is 24.7 Å². The second-order valence-electron chi connectivity index (χ2n) is 7.60. The molecule has 0 fully saturated rings. The number of aryl methyl sites for hydroxylation is 1. The number of hydrogen-bond acceptors (Lipinski definition) is 6. The van der Waals surface area contributed by atoms with Crippen LogP contribution in [0.5, 0.6) is 0 Å². The molecule has 2 aromatic carbocycles. The van der Waals surface area contributed by atoms with E-state index in [1.807, 2.05) is 61.5 Å². The molecule has 2 aromatic rings.